The molecule has 0 saturated heterocycles. The number of anilines is 1. The fourth-order valence-corrected chi connectivity index (χ4v) is 2.32. The van der Waals surface area contributed by atoms with Gasteiger partial charge in [-0.2, -0.15) is 10.7 Å². The molecule has 26 heavy (non-hydrogen) atoms. The minimum Gasteiger partial charge on any atom is -0.479 e. The monoisotopic (exact) mass is 359 g/mol. The van der Waals surface area contributed by atoms with Crippen LogP contribution in [0, 0.1) is 0 Å². The molecule has 0 aromatic heterocycles. The van der Waals surface area contributed by atoms with Crippen LogP contribution >= 0.6 is 0 Å². The van der Waals surface area contributed by atoms with Crippen LogP contribution in [0.15, 0.2) is 47.6 Å². The summed E-state index contributed by atoms with van der Waals surface area (Å²) in [6, 6.07) is 9.29. The zero-order valence-corrected chi connectivity index (χ0v) is 13.5. The van der Waals surface area contributed by atoms with Gasteiger partial charge in [-0.05, 0) is 41.0 Å². The first-order chi connectivity index (χ1) is 12.4. The Morgan fingerprint density at radius 2 is 1.81 bits per heavy atom. The maximum absolute atomic E-state index is 11.7. The minimum absolute atomic E-state index is 0.109. The molecule has 0 fully saturated rings. The van der Waals surface area contributed by atoms with Crippen LogP contribution in [-0.4, -0.2) is 38.7 Å². The molecule has 0 heterocycles. The van der Waals surface area contributed by atoms with E-state index in [2.05, 4.69) is 10.4 Å². The van der Waals surface area contributed by atoms with Gasteiger partial charge in [-0.1, -0.05) is 18.2 Å². The van der Waals surface area contributed by atoms with Crippen LogP contribution < -0.4 is 10.9 Å². The lowest BCUT2D eigenvalue weighted by Crippen LogP contribution is -2.21. The Hall–Kier alpha value is -3.43. The van der Waals surface area contributed by atoms with Crippen molar-refractivity contribution in [2.24, 2.45) is 5.10 Å². The number of benzene rings is 2. The molecular weight excluding hydrogens is 342 g/mol. The molecule has 0 bridgehead atoms. The predicted molar refractivity (Wildman–Crippen MR) is 92.3 cm³/mol. The van der Waals surface area contributed by atoms with Crippen molar-refractivity contribution in [2.75, 3.05) is 5.32 Å². The first kappa shape index (κ1) is 18.9. The predicted octanol–water partition coefficient (Wildman–Crippen LogP) is 1.43. The van der Waals surface area contributed by atoms with Crippen molar-refractivity contribution in [3.8, 4) is 0 Å². The van der Waals surface area contributed by atoms with Crippen molar-refractivity contribution in [3.05, 3.63) is 64.7 Å². The average Bonchev–Trinajstić information content (AvgIpc) is 2.64. The van der Waals surface area contributed by atoms with Gasteiger partial charge < -0.3 is 20.6 Å². The number of aliphatic hydroxyl groups excluding tert-OH is 1. The number of hydrogen-bond acceptors (Lipinski definition) is 7. The van der Waals surface area contributed by atoms with Crippen LogP contribution in [0.25, 0.3) is 0 Å². The van der Waals surface area contributed by atoms with E-state index in [0.717, 1.165) is 0 Å². The van der Waals surface area contributed by atoms with E-state index in [0.29, 0.717) is 16.8 Å². The van der Waals surface area contributed by atoms with E-state index in [1.807, 2.05) is 0 Å². The van der Waals surface area contributed by atoms with Gasteiger partial charge >= 0.3 is 11.9 Å². The van der Waals surface area contributed by atoms with Crippen molar-refractivity contribution >= 4 is 23.8 Å². The molecule has 0 radical (unpaired) electrons. The number of hydrazone groups is 1. The molecule has 2 rings (SSSR count). The molecule has 1 unspecified atom stereocenters. The highest BCUT2D eigenvalue weighted by molar-refractivity contribution is 5.89. The normalized spacial score (nSPS) is 11.9. The Morgan fingerprint density at radius 1 is 1.12 bits per heavy atom. The number of hydrogen-bond donors (Lipinski definition) is 6. The van der Waals surface area contributed by atoms with Crippen LogP contribution in [0.1, 0.15) is 33.1 Å². The zero-order valence-electron chi connectivity index (χ0n) is 13.5. The number of carboxylic acids is 2. The van der Waals surface area contributed by atoms with Crippen LogP contribution in [0.3, 0.4) is 0 Å². The Bertz CT molecular complexity index is 820. The summed E-state index contributed by atoms with van der Waals surface area (Å²) in [6.07, 6.45) is 1.36. The van der Waals surface area contributed by atoms with Gasteiger partial charge in [0, 0.05) is 5.69 Å². The van der Waals surface area contributed by atoms with Crippen molar-refractivity contribution in [1.29, 1.82) is 0 Å². The molecule has 0 saturated carbocycles. The second-order valence-electron chi connectivity index (χ2n) is 5.32. The van der Waals surface area contributed by atoms with E-state index in [4.69, 9.17) is 10.3 Å². The fraction of sp³-hybridized carbons (Fsp3) is 0.118. The smallest absolute Gasteiger partial charge is 0.335 e. The summed E-state index contributed by atoms with van der Waals surface area (Å²) in [5, 5.41) is 42.6. The number of rotatable bonds is 8. The van der Waals surface area contributed by atoms with Gasteiger partial charge in [-0.3, -0.25) is 5.21 Å². The van der Waals surface area contributed by atoms with Crippen molar-refractivity contribution in [2.45, 2.75) is 12.6 Å². The molecule has 2 aromatic carbocycles. The van der Waals surface area contributed by atoms with E-state index < -0.39 is 24.6 Å². The average molecular weight is 359 g/mol. The first-order valence-electron chi connectivity index (χ1n) is 7.44. The largest absolute Gasteiger partial charge is 0.479 e. The standard InChI is InChI=1S/C17H17N3O6/c21-9-11-5-12(7-13(6-11)16(22)23)15(17(24)25)19-14-3-1-10(2-4-14)8-18-20-26/h1-8,15,19-21,26H,9H2,(H,22,23)(H,24,25)/b18-8-. The summed E-state index contributed by atoms with van der Waals surface area (Å²) in [5.41, 5.74) is 3.18. The van der Waals surface area contributed by atoms with Crippen LogP contribution in [-0.2, 0) is 11.4 Å². The third-order valence-electron chi connectivity index (χ3n) is 3.52. The summed E-state index contributed by atoms with van der Waals surface area (Å²) in [5.74, 6) is -2.42. The SMILES string of the molecule is O=C(O)c1cc(CO)cc(C(Nc2ccc(/C=N\NO)cc2)C(=O)O)c1. The quantitative estimate of drug-likeness (QED) is 0.306. The van der Waals surface area contributed by atoms with Gasteiger partial charge in [0.1, 0.15) is 0 Å². The highest BCUT2D eigenvalue weighted by Crippen LogP contribution is 2.23. The van der Waals surface area contributed by atoms with Crippen LogP contribution in [0.4, 0.5) is 5.69 Å². The molecule has 136 valence electrons. The molecule has 0 amide bonds. The van der Waals surface area contributed by atoms with E-state index in [9.17, 15) is 19.8 Å². The molecule has 2 aromatic rings. The molecule has 0 aliphatic rings. The summed E-state index contributed by atoms with van der Waals surface area (Å²) in [6.45, 7) is -0.409. The Kier molecular flexibility index (Phi) is 6.25. The van der Waals surface area contributed by atoms with E-state index in [1.54, 1.807) is 29.9 Å². The lowest BCUT2D eigenvalue weighted by Gasteiger charge is -2.18. The van der Waals surface area contributed by atoms with E-state index in [-0.39, 0.29) is 11.1 Å². The van der Waals surface area contributed by atoms with Gasteiger partial charge in [0.2, 0.25) is 0 Å². The highest BCUT2D eigenvalue weighted by Gasteiger charge is 2.22. The van der Waals surface area contributed by atoms with Gasteiger partial charge in [0.25, 0.3) is 0 Å². The molecular formula is C17H17N3O6. The third kappa shape index (κ3) is 4.79. The second kappa shape index (κ2) is 8.60. The lowest BCUT2D eigenvalue weighted by molar-refractivity contribution is -0.138. The number of aromatic carboxylic acids is 1. The van der Waals surface area contributed by atoms with Gasteiger partial charge in [0.15, 0.2) is 6.04 Å². The highest BCUT2D eigenvalue weighted by atomic mass is 16.5. The molecule has 0 aliphatic carbocycles. The number of carboxylic acid groups (broad SMARTS) is 2. The van der Waals surface area contributed by atoms with Crippen LogP contribution in [0.5, 0.6) is 0 Å². The third-order valence-corrected chi connectivity index (χ3v) is 3.52. The first-order valence-corrected chi connectivity index (χ1v) is 7.44. The molecule has 9 nitrogen and oxygen atoms in total. The van der Waals surface area contributed by atoms with Gasteiger partial charge in [0.05, 0.1) is 18.4 Å². The zero-order chi connectivity index (χ0) is 19.1. The fourth-order valence-electron chi connectivity index (χ4n) is 2.32. The molecule has 9 heteroatoms. The number of aliphatic carboxylic acids is 1. The topological polar surface area (TPSA) is 151 Å². The van der Waals surface area contributed by atoms with Crippen molar-refractivity contribution < 1.29 is 30.1 Å². The minimum atomic E-state index is -1.22. The van der Waals surface area contributed by atoms with Crippen LogP contribution in [0.2, 0.25) is 0 Å². The summed E-state index contributed by atoms with van der Waals surface area (Å²) in [7, 11) is 0. The lowest BCUT2D eigenvalue weighted by atomic mass is 10.00. The molecule has 0 spiro atoms. The molecule has 1 atom stereocenters. The Balaban J connectivity index is 2.32. The Morgan fingerprint density at radius 3 is 2.35 bits per heavy atom. The van der Waals surface area contributed by atoms with Gasteiger partial charge in [-0.15, -0.1) is 0 Å². The number of nitrogens with one attached hydrogen (secondary N) is 2. The number of nitrogens with zero attached hydrogens (tertiary/aromatic N) is 1. The second-order valence-corrected chi connectivity index (χ2v) is 5.32. The van der Waals surface area contributed by atoms with E-state index in [1.165, 1.54) is 24.4 Å². The summed E-state index contributed by atoms with van der Waals surface area (Å²) >= 11 is 0. The van der Waals surface area contributed by atoms with Gasteiger partial charge in [-0.25, -0.2) is 9.59 Å². The molecule has 6 N–H and O–H groups in total. The van der Waals surface area contributed by atoms with Crippen molar-refractivity contribution in [1.82, 2.24) is 5.59 Å². The Labute approximate surface area is 148 Å². The number of carbonyl (C=O) groups is 2. The number of aliphatic hydroxyl groups is 1. The summed E-state index contributed by atoms with van der Waals surface area (Å²) in [4.78, 5) is 22.9. The van der Waals surface area contributed by atoms with E-state index >= 15 is 0 Å². The summed E-state index contributed by atoms with van der Waals surface area (Å²) < 4.78 is 0. The molecule has 0 aliphatic heterocycles. The maximum Gasteiger partial charge on any atom is 0.335 e. The van der Waals surface area contributed by atoms with Crippen molar-refractivity contribution in [3.63, 3.8) is 0 Å². The maximum atomic E-state index is 11.7.